The molecule has 1 spiro atoms. The third-order valence-corrected chi connectivity index (χ3v) is 6.63. The summed E-state index contributed by atoms with van der Waals surface area (Å²) in [5.74, 6) is 0.479. The van der Waals surface area contributed by atoms with Crippen LogP contribution in [0.2, 0.25) is 0 Å². The fraction of sp³-hybridized carbons (Fsp3) is 0.500. The summed E-state index contributed by atoms with van der Waals surface area (Å²) in [6.07, 6.45) is 5.34. The van der Waals surface area contributed by atoms with Gasteiger partial charge in [0.2, 0.25) is 0 Å². The molecule has 0 aliphatic carbocycles. The predicted molar refractivity (Wildman–Crippen MR) is 102 cm³/mol. The van der Waals surface area contributed by atoms with E-state index < -0.39 is 0 Å². The molecular formula is C20H25N3O2S. The number of ether oxygens (including phenoxy) is 1. The Morgan fingerprint density at radius 2 is 2.35 bits per heavy atom. The van der Waals surface area contributed by atoms with Crippen LogP contribution in [0.15, 0.2) is 36.0 Å². The first kappa shape index (κ1) is 17.6. The van der Waals surface area contributed by atoms with Crippen LogP contribution in [0.1, 0.15) is 33.6 Å². The SMILES string of the molecule is Cc1ccsc1CN1CC2(C1)OCC[C@@H]2CCNC(=O)c1cccnc1. The van der Waals surface area contributed by atoms with Gasteiger partial charge < -0.3 is 10.1 Å². The van der Waals surface area contributed by atoms with Crippen molar-refractivity contribution in [3.05, 3.63) is 52.0 Å². The number of aromatic nitrogens is 1. The number of pyridine rings is 1. The highest BCUT2D eigenvalue weighted by atomic mass is 32.1. The second-order valence-corrected chi connectivity index (χ2v) is 8.36. The van der Waals surface area contributed by atoms with Crippen LogP contribution in [0, 0.1) is 12.8 Å². The Bertz CT molecular complexity index is 755. The number of amides is 1. The lowest BCUT2D eigenvalue weighted by atomic mass is 9.79. The van der Waals surface area contributed by atoms with Crippen LogP contribution < -0.4 is 5.32 Å². The molecule has 0 radical (unpaired) electrons. The highest BCUT2D eigenvalue weighted by Crippen LogP contribution is 2.42. The molecule has 0 saturated carbocycles. The maximum atomic E-state index is 12.1. The highest BCUT2D eigenvalue weighted by Gasteiger charge is 2.52. The van der Waals surface area contributed by atoms with E-state index in [1.807, 2.05) is 11.3 Å². The largest absolute Gasteiger partial charge is 0.372 e. The molecular weight excluding hydrogens is 346 g/mol. The minimum Gasteiger partial charge on any atom is -0.372 e. The average Bonchev–Trinajstić information content (AvgIpc) is 3.22. The molecule has 4 heterocycles. The number of hydrogen-bond donors (Lipinski definition) is 1. The lowest BCUT2D eigenvalue weighted by Crippen LogP contribution is -2.64. The number of aryl methyl sites for hydroxylation is 1. The molecule has 1 atom stereocenters. The van der Waals surface area contributed by atoms with E-state index in [-0.39, 0.29) is 11.5 Å². The van der Waals surface area contributed by atoms with Gasteiger partial charge in [-0.05, 0) is 54.8 Å². The van der Waals surface area contributed by atoms with Crippen molar-refractivity contribution < 1.29 is 9.53 Å². The Kier molecular flexibility index (Phi) is 5.07. The molecule has 2 aromatic heterocycles. The van der Waals surface area contributed by atoms with Crippen molar-refractivity contribution in [2.24, 2.45) is 5.92 Å². The molecule has 1 N–H and O–H groups in total. The summed E-state index contributed by atoms with van der Waals surface area (Å²) >= 11 is 1.84. The van der Waals surface area contributed by atoms with E-state index in [2.05, 4.69) is 33.6 Å². The van der Waals surface area contributed by atoms with Crippen molar-refractivity contribution in [2.75, 3.05) is 26.2 Å². The summed E-state index contributed by atoms with van der Waals surface area (Å²) in [6.45, 7) is 6.75. The van der Waals surface area contributed by atoms with Crippen molar-refractivity contribution in [3.8, 4) is 0 Å². The Morgan fingerprint density at radius 1 is 1.46 bits per heavy atom. The van der Waals surface area contributed by atoms with E-state index in [0.717, 1.165) is 39.1 Å². The monoisotopic (exact) mass is 371 g/mol. The molecule has 2 aromatic rings. The number of thiophene rings is 1. The van der Waals surface area contributed by atoms with Crippen LogP contribution in [0.25, 0.3) is 0 Å². The third-order valence-electron chi connectivity index (χ3n) is 5.62. The second-order valence-electron chi connectivity index (χ2n) is 7.36. The van der Waals surface area contributed by atoms with Crippen molar-refractivity contribution in [2.45, 2.75) is 31.9 Å². The molecule has 2 aliphatic heterocycles. The molecule has 6 heteroatoms. The minimum absolute atomic E-state index is 0.00416. The number of rotatable bonds is 6. The first-order valence-electron chi connectivity index (χ1n) is 9.24. The second kappa shape index (κ2) is 7.47. The standard InChI is InChI=1S/C20H25N3O2S/c1-15-6-10-26-18(15)12-23-13-20(14-23)17(5-9-25-20)4-8-22-19(24)16-3-2-7-21-11-16/h2-3,6-7,10-11,17H,4-5,8-9,12-14H2,1H3,(H,22,24)/t17-/m0/s1. The van der Waals surface area contributed by atoms with E-state index in [4.69, 9.17) is 4.74 Å². The van der Waals surface area contributed by atoms with E-state index in [0.29, 0.717) is 18.0 Å². The number of nitrogens with one attached hydrogen (secondary N) is 1. The molecule has 2 fully saturated rings. The summed E-state index contributed by atoms with van der Waals surface area (Å²) in [5.41, 5.74) is 2.01. The van der Waals surface area contributed by atoms with Gasteiger partial charge in [0.05, 0.1) is 11.2 Å². The van der Waals surface area contributed by atoms with Gasteiger partial charge >= 0.3 is 0 Å². The fourth-order valence-corrected chi connectivity index (χ4v) is 5.04. The van der Waals surface area contributed by atoms with E-state index in [9.17, 15) is 4.79 Å². The van der Waals surface area contributed by atoms with Gasteiger partial charge in [0, 0.05) is 50.1 Å². The number of carbonyl (C=O) groups is 1. The van der Waals surface area contributed by atoms with E-state index >= 15 is 0 Å². The summed E-state index contributed by atoms with van der Waals surface area (Å²) in [5, 5.41) is 5.19. The summed E-state index contributed by atoms with van der Waals surface area (Å²) in [6, 6.07) is 5.77. The Labute approximate surface area is 158 Å². The topological polar surface area (TPSA) is 54.5 Å². The van der Waals surface area contributed by atoms with Gasteiger partial charge in [-0.2, -0.15) is 0 Å². The molecule has 0 unspecified atom stereocenters. The maximum absolute atomic E-state index is 12.1. The molecule has 26 heavy (non-hydrogen) atoms. The highest BCUT2D eigenvalue weighted by molar-refractivity contribution is 7.10. The van der Waals surface area contributed by atoms with Gasteiger partial charge in [-0.15, -0.1) is 11.3 Å². The molecule has 2 aliphatic rings. The van der Waals surface area contributed by atoms with Crippen LogP contribution in [0.4, 0.5) is 0 Å². The zero-order valence-electron chi connectivity index (χ0n) is 15.1. The minimum atomic E-state index is -0.0468. The van der Waals surface area contributed by atoms with Gasteiger partial charge in [0.1, 0.15) is 0 Å². The van der Waals surface area contributed by atoms with Gasteiger partial charge in [-0.1, -0.05) is 0 Å². The number of nitrogens with zero attached hydrogens (tertiary/aromatic N) is 2. The molecule has 2 saturated heterocycles. The quantitative estimate of drug-likeness (QED) is 0.848. The zero-order valence-corrected chi connectivity index (χ0v) is 15.9. The van der Waals surface area contributed by atoms with Gasteiger partial charge in [-0.25, -0.2) is 0 Å². The van der Waals surface area contributed by atoms with E-state index in [1.165, 1.54) is 10.4 Å². The Balaban J connectivity index is 1.26. The van der Waals surface area contributed by atoms with Crippen LogP contribution in [-0.2, 0) is 11.3 Å². The first-order valence-corrected chi connectivity index (χ1v) is 10.1. The summed E-state index contributed by atoms with van der Waals surface area (Å²) in [4.78, 5) is 20.1. The van der Waals surface area contributed by atoms with Crippen LogP contribution in [0.5, 0.6) is 0 Å². The van der Waals surface area contributed by atoms with Crippen LogP contribution in [-0.4, -0.2) is 47.6 Å². The third kappa shape index (κ3) is 3.54. The van der Waals surface area contributed by atoms with Gasteiger partial charge in [-0.3, -0.25) is 14.7 Å². The number of carbonyl (C=O) groups excluding carboxylic acids is 1. The smallest absolute Gasteiger partial charge is 0.252 e. The fourth-order valence-electron chi connectivity index (χ4n) is 4.09. The Morgan fingerprint density at radius 3 is 3.08 bits per heavy atom. The van der Waals surface area contributed by atoms with Crippen LogP contribution >= 0.6 is 11.3 Å². The lowest BCUT2D eigenvalue weighted by molar-refractivity contribution is -0.136. The molecule has 138 valence electrons. The zero-order chi connectivity index (χ0) is 18.0. The van der Waals surface area contributed by atoms with Crippen molar-refractivity contribution in [1.82, 2.24) is 15.2 Å². The molecule has 5 nitrogen and oxygen atoms in total. The van der Waals surface area contributed by atoms with Crippen molar-refractivity contribution >= 4 is 17.2 Å². The average molecular weight is 372 g/mol. The van der Waals surface area contributed by atoms with Crippen molar-refractivity contribution in [3.63, 3.8) is 0 Å². The Hall–Kier alpha value is -1.76. The van der Waals surface area contributed by atoms with Gasteiger partial charge in [0.15, 0.2) is 0 Å². The maximum Gasteiger partial charge on any atom is 0.252 e. The first-order chi connectivity index (χ1) is 12.7. The molecule has 0 bridgehead atoms. The predicted octanol–water partition coefficient (Wildman–Crippen LogP) is 2.86. The number of hydrogen-bond acceptors (Lipinski definition) is 5. The normalized spacial score (nSPS) is 21.7. The summed E-state index contributed by atoms with van der Waals surface area (Å²) in [7, 11) is 0. The van der Waals surface area contributed by atoms with Crippen LogP contribution in [0.3, 0.4) is 0 Å². The van der Waals surface area contributed by atoms with Gasteiger partial charge in [0.25, 0.3) is 5.91 Å². The number of likely N-dealkylation sites (tertiary alicyclic amines) is 1. The van der Waals surface area contributed by atoms with Crippen molar-refractivity contribution in [1.29, 1.82) is 0 Å². The summed E-state index contributed by atoms with van der Waals surface area (Å²) < 4.78 is 6.15. The molecule has 0 aromatic carbocycles. The molecule has 1 amide bonds. The van der Waals surface area contributed by atoms with E-state index in [1.54, 1.807) is 24.5 Å². The molecule has 4 rings (SSSR count). The lowest BCUT2D eigenvalue weighted by Gasteiger charge is -2.50.